The molecule has 0 aliphatic carbocycles. The number of hydrogen-bond acceptors (Lipinski definition) is 4. The third kappa shape index (κ3) is 1.53. The van der Waals surface area contributed by atoms with Crippen LogP contribution in [0.15, 0.2) is 18.3 Å². The van der Waals surface area contributed by atoms with Crippen LogP contribution >= 0.6 is 0 Å². The average Bonchev–Trinajstić information content (AvgIpc) is 2.90. The molecule has 1 fully saturated rings. The third-order valence-corrected chi connectivity index (χ3v) is 2.92. The minimum absolute atomic E-state index is 0.161. The van der Waals surface area contributed by atoms with E-state index in [0.717, 1.165) is 31.7 Å². The largest absolute Gasteiger partial charge is 0.504 e. The van der Waals surface area contributed by atoms with Crippen LogP contribution in [0.3, 0.4) is 0 Å². The normalized spacial score (nSPS) is 20.6. The van der Waals surface area contributed by atoms with E-state index < -0.39 is 0 Å². The van der Waals surface area contributed by atoms with Crippen molar-refractivity contribution in [2.75, 3.05) is 6.61 Å². The zero-order valence-electron chi connectivity index (χ0n) is 8.83. The van der Waals surface area contributed by atoms with Gasteiger partial charge in [0, 0.05) is 19.2 Å². The van der Waals surface area contributed by atoms with Gasteiger partial charge < -0.3 is 9.84 Å². The van der Waals surface area contributed by atoms with E-state index in [1.54, 1.807) is 12.1 Å². The van der Waals surface area contributed by atoms with E-state index in [0.29, 0.717) is 5.65 Å². The molecule has 0 amide bonds. The van der Waals surface area contributed by atoms with Gasteiger partial charge in [-0.2, -0.15) is 0 Å². The Balaban J connectivity index is 1.94. The molecule has 3 rings (SSSR count). The molecular weight excluding hydrogens is 206 g/mol. The summed E-state index contributed by atoms with van der Waals surface area (Å²) in [5, 5.41) is 17.7. The van der Waals surface area contributed by atoms with Crippen LogP contribution in [0.1, 0.15) is 18.7 Å². The summed E-state index contributed by atoms with van der Waals surface area (Å²) in [7, 11) is 0. The number of ether oxygens (including phenoxy) is 1. The van der Waals surface area contributed by atoms with Crippen LogP contribution in [0.4, 0.5) is 0 Å². The van der Waals surface area contributed by atoms with Gasteiger partial charge >= 0.3 is 0 Å². The zero-order valence-corrected chi connectivity index (χ0v) is 8.83. The summed E-state index contributed by atoms with van der Waals surface area (Å²) in [5.41, 5.74) is 0.510. The lowest BCUT2D eigenvalue weighted by Gasteiger charge is -2.07. The van der Waals surface area contributed by atoms with Gasteiger partial charge in [-0.3, -0.25) is 4.40 Å². The first-order chi connectivity index (χ1) is 7.84. The highest BCUT2D eigenvalue weighted by Crippen LogP contribution is 2.20. The summed E-state index contributed by atoms with van der Waals surface area (Å²) in [4.78, 5) is 0. The van der Waals surface area contributed by atoms with E-state index in [4.69, 9.17) is 4.74 Å². The summed E-state index contributed by atoms with van der Waals surface area (Å²) >= 11 is 0. The Morgan fingerprint density at radius 1 is 1.50 bits per heavy atom. The van der Waals surface area contributed by atoms with Gasteiger partial charge in [-0.15, -0.1) is 10.2 Å². The maximum Gasteiger partial charge on any atom is 0.203 e. The molecule has 0 spiro atoms. The molecule has 0 bridgehead atoms. The van der Waals surface area contributed by atoms with Gasteiger partial charge in [0.05, 0.1) is 6.10 Å². The molecule has 3 heterocycles. The standard InChI is InChI=1S/C11H13N3O2/c15-9-4-1-5-14-10(12-13-11(9)14)7-8-3-2-6-16-8/h1,4-5,8,15H,2-3,6-7H2. The van der Waals surface area contributed by atoms with Gasteiger partial charge in [0.1, 0.15) is 5.82 Å². The maximum absolute atomic E-state index is 9.59. The van der Waals surface area contributed by atoms with Crippen molar-refractivity contribution in [3.8, 4) is 5.75 Å². The van der Waals surface area contributed by atoms with Crippen molar-refractivity contribution >= 4 is 5.65 Å². The molecule has 0 aromatic carbocycles. The fraction of sp³-hybridized carbons (Fsp3) is 0.455. The van der Waals surface area contributed by atoms with Crippen LogP contribution in [0.25, 0.3) is 5.65 Å². The van der Waals surface area contributed by atoms with Crippen molar-refractivity contribution in [1.82, 2.24) is 14.6 Å². The third-order valence-electron chi connectivity index (χ3n) is 2.92. The van der Waals surface area contributed by atoms with Crippen molar-refractivity contribution in [3.05, 3.63) is 24.2 Å². The lowest BCUT2D eigenvalue weighted by molar-refractivity contribution is 0.109. The van der Waals surface area contributed by atoms with Gasteiger partial charge in [0.25, 0.3) is 0 Å². The van der Waals surface area contributed by atoms with Gasteiger partial charge in [-0.1, -0.05) is 0 Å². The zero-order chi connectivity index (χ0) is 11.0. The van der Waals surface area contributed by atoms with Crippen LogP contribution < -0.4 is 0 Å². The highest BCUT2D eigenvalue weighted by Gasteiger charge is 2.19. The quantitative estimate of drug-likeness (QED) is 0.823. The molecule has 2 aromatic heterocycles. The van der Waals surface area contributed by atoms with E-state index in [-0.39, 0.29) is 11.9 Å². The average molecular weight is 219 g/mol. The van der Waals surface area contributed by atoms with E-state index in [1.165, 1.54) is 0 Å². The summed E-state index contributed by atoms with van der Waals surface area (Å²) in [6.45, 7) is 0.840. The molecule has 1 saturated heterocycles. The van der Waals surface area contributed by atoms with Crippen LogP contribution in [0.5, 0.6) is 5.75 Å². The van der Waals surface area contributed by atoms with Crippen molar-refractivity contribution in [2.45, 2.75) is 25.4 Å². The van der Waals surface area contributed by atoms with Crippen molar-refractivity contribution < 1.29 is 9.84 Å². The summed E-state index contributed by atoms with van der Waals surface area (Å²) in [5.74, 6) is 1.01. The summed E-state index contributed by atoms with van der Waals surface area (Å²) < 4.78 is 7.38. The number of aromatic hydroxyl groups is 1. The minimum atomic E-state index is 0.161. The molecule has 5 heteroatoms. The van der Waals surface area contributed by atoms with Crippen molar-refractivity contribution in [1.29, 1.82) is 0 Å². The number of aromatic nitrogens is 3. The highest BCUT2D eigenvalue weighted by atomic mass is 16.5. The maximum atomic E-state index is 9.59. The molecule has 2 aromatic rings. The Labute approximate surface area is 92.7 Å². The first-order valence-electron chi connectivity index (χ1n) is 5.48. The van der Waals surface area contributed by atoms with E-state index >= 15 is 0 Å². The Hall–Kier alpha value is -1.62. The van der Waals surface area contributed by atoms with E-state index in [9.17, 15) is 5.11 Å². The van der Waals surface area contributed by atoms with Crippen LogP contribution in [0, 0.1) is 0 Å². The van der Waals surface area contributed by atoms with Gasteiger partial charge in [0.15, 0.2) is 5.75 Å². The molecule has 1 aliphatic rings. The van der Waals surface area contributed by atoms with Gasteiger partial charge in [-0.25, -0.2) is 0 Å². The van der Waals surface area contributed by atoms with E-state index in [1.807, 2.05) is 10.6 Å². The molecule has 84 valence electrons. The molecule has 1 aliphatic heterocycles. The number of rotatable bonds is 2. The van der Waals surface area contributed by atoms with Crippen LogP contribution in [0.2, 0.25) is 0 Å². The molecule has 5 nitrogen and oxygen atoms in total. The topological polar surface area (TPSA) is 59.7 Å². The van der Waals surface area contributed by atoms with Crippen LogP contribution in [-0.2, 0) is 11.2 Å². The second-order valence-electron chi connectivity index (χ2n) is 4.04. The predicted molar refractivity (Wildman–Crippen MR) is 57.3 cm³/mol. The lowest BCUT2D eigenvalue weighted by Crippen LogP contribution is -2.11. The smallest absolute Gasteiger partial charge is 0.203 e. The van der Waals surface area contributed by atoms with Crippen molar-refractivity contribution in [3.63, 3.8) is 0 Å². The molecular formula is C11H13N3O2. The van der Waals surface area contributed by atoms with E-state index in [2.05, 4.69) is 10.2 Å². The summed E-state index contributed by atoms with van der Waals surface area (Å²) in [6, 6.07) is 3.39. The fourth-order valence-electron chi connectivity index (χ4n) is 2.10. The first-order valence-corrected chi connectivity index (χ1v) is 5.48. The predicted octanol–water partition coefficient (Wildman–Crippen LogP) is 1.16. The Morgan fingerprint density at radius 2 is 2.44 bits per heavy atom. The SMILES string of the molecule is Oc1cccn2c(CC3CCCO3)nnc12. The molecule has 1 unspecified atom stereocenters. The highest BCUT2D eigenvalue weighted by molar-refractivity contribution is 5.51. The first kappa shape index (κ1) is 9.59. The molecule has 0 radical (unpaired) electrons. The summed E-state index contributed by atoms with van der Waals surface area (Å²) in [6.07, 6.45) is 5.05. The second-order valence-corrected chi connectivity index (χ2v) is 4.04. The lowest BCUT2D eigenvalue weighted by atomic mass is 10.2. The van der Waals surface area contributed by atoms with Crippen molar-refractivity contribution in [2.24, 2.45) is 0 Å². The van der Waals surface area contributed by atoms with Gasteiger partial charge in [0.2, 0.25) is 5.65 Å². The van der Waals surface area contributed by atoms with Gasteiger partial charge in [-0.05, 0) is 25.0 Å². The molecule has 1 N–H and O–H groups in total. The Kier molecular flexibility index (Phi) is 2.25. The number of pyridine rings is 1. The number of fused-ring (bicyclic) bond motifs is 1. The molecule has 0 saturated carbocycles. The fourth-order valence-corrected chi connectivity index (χ4v) is 2.10. The Bertz CT molecular complexity index is 503. The Morgan fingerprint density at radius 3 is 3.25 bits per heavy atom. The minimum Gasteiger partial charge on any atom is -0.504 e. The monoisotopic (exact) mass is 219 g/mol. The number of hydrogen-bond donors (Lipinski definition) is 1. The number of nitrogens with zero attached hydrogens (tertiary/aromatic N) is 3. The molecule has 1 atom stereocenters. The van der Waals surface area contributed by atoms with Crippen LogP contribution in [-0.4, -0.2) is 32.4 Å². The second kappa shape index (κ2) is 3.75. The molecule has 16 heavy (non-hydrogen) atoms.